The van der Waals surface area contributed by atoms with Crippen molar-refractivity contribution >= 4 is 11.8 Å². The summed E-state index contributed by atoms with van der Waals surface area (Å²) in [6.07, 6.45) is 4.02. The van der Waals surface area contributed by atoms with Gasteiger partial charge in [-0.05, 0) is 37.7 Å². The Kier molecular flexibility index (Phi) is 5.25. The number of nitrogens with one attached hydrogen (secondary N) is 2. The summed E-state index contributed by atoms with van der Waals surface area (Å²) in [5.74, 6) is -0.379. The fourth-order valence-corrected chi connectivity index (χ4v) is 2.76. The first-order chi connectivity index (χ1) is 11.7. The molecule has 1 aliphatic rings. The molecular weight excluding hydrogens is 306 g/mol. The average molecular weight is 327 g/mol. The minimum atomic E-state index is -0.502. The van der Waals surface area contributed by atoms with E-state index in [9.17, 15) is 9.59 Å². The van der Waals surface area contributed by atoms with E-state index in [4.69, 9.17) is 4.52 Å². The van der Waals surface area contributed by atoms with Gasteiger partial charge in [0.15, 0.2) is 0 Å². The van der Waals surface area contributed by atoms with E-state index in [-0.39, 0.29) is 11.7 Å². The van der Waals surface area contributed by atoms with Crippen molar-refractivity contribution in [3.8, 4) is 0 Å². The quantitative estimate of drug-likeness (QED) is 0.878. The largest absolute Gasteiger partial charge is 0.354 e. The van der Waals surface area contributed by atoms with E-state index >= 15 is 0 Å². The molecule has 3 rings (SSSR count). The van der Waals surface area contributed by atoms with E-state index in [1.54, 1.807) is 6.07 Å². The molecule has 2 heterocycles. The van der Waals surface area contributed by atoms with E-state index in [0.29, 0.717) is 19.4 Å². The Morgan fingerprint density at radius 2 is 2.08 bits per heavy atom. The molecule has 0 unspecified atom stereocenters. The van der Waals surface area contributed by atoms with Crippen LogP contribution in [-0.2, 0) is 17.6 Å². The summed E-state index contributed by atoms with van der Waals surface area (Å²) < 4.78 is 5.13. The second-order valence-corrected chi connectivity index (χ2v) is 5.98. The van der Waals surface area contributed by atoms with Gasteiger partial charge in [0.25, 0.3) is 5.91 Å². The van der Waals surface area contributed by atoms with Crippen LogP contribution in [0, 0.1) is 0 Å². The van der Waals surface area contributed by atoms with Gasteiger partial charge >= 0.3 is 0 Å². The third-order valence-corrected chi connectivity index (χ3v) is 4.14. The van der Waals surface area contributed by atoms with Crippen molar-refractivity contribution in [2.45, 2.75) is 38.1 Å². The van der Waals surface area contributed by atoms with Crippen molar-refractivity contribution in [2.24, 2.45) is 0 Å². The smallest absolute Gasteiger partial charge is 0.290 e. The number of carbonyl (C=O) groups excluding carboxylic acids is 2. The van der Waals surface area contributed by atoms with Crippen molar-refractivity contribution in [1.82, 2.24) is 15.8 Å². The molecule has 2 N–H and O–H groups in total. The summed E-state index contributed by atoms with van der Waals surface area (Å²) in [6.45, 7) is 0.664. The number of aryl methyl sites for hydroxylation is 2. The molecule has 1 aliphatic heterocycles. The summed E-state index contributed by atoms with van der Waals surface area (Å²) in [6, 6.07) is 11.2. The summed E-state index contributed by atoms with van der Waals surface area (Å²) in [4.78, 5) is 24.1. The van der Waals surface area contributed by atoms with Crippen LogP contribution in [0.15, 0.2) is 40.9 Å². The summed E-state index contributed by atoms with van der Waals surface area (Å²) in [5, 5.41) is 9.47. The van der Waals surface area contributed by atoms with Gasteiger partial charge in [-0.1, -0.05) is 35.5 Å². The normalized spacial score (nSPS) is 17.8. The van der Waals surface area contributed by atoms with Crippen molar-refractivity contribution in [1.29, 1.82) is 0 Å². The summed E-state index contributed by atoms with van der Waals surface area (Å²) in [5.41, 5.74) is 1.94. The lowest BCUT2D eigenvalue weighted by atomic mass is 10.1. The van der Waals surface area contributed by atoms with Gasteiger partial charge < -0.3 is 15.2 Å². The molecule has 6 nitrogen and oxygen atoms in total. The Hall–Kier alpha value is -2.63. The molecule has 2 aromatic rings. The zero-order valence-electron chi connectivity index (χ0n) is 13.5. The van der Waals surface area contributed by atoms with Gasteiger partial charge in [-0.2, -0.15) is 0 Å². The van der Waals surface area contributed by atoms with Crippen LogP contribution in [0.1, 0.15) is 41.1 Å². The number of nitrogens with zero attached hydrogens (tertiary/aromatic N) is 1. The molecule has 2 amide bonds. The molecule has 126 valence electrons. The monoisotopic (exact) mass is 327 g/mol. The zero-order chi connectivity index (χ0) is 16.8. The molecule has 0 aliphatic carbocycles. The van der Waals surface area contributed by atoms with Crippen LogP contribution >= 0.6 is 0 Å². The van der Waals surface area contributed by atoms with E-state index in [1.807, 2.05) is 18.2 Å². The highest BCUT2D eigenvalue weighted by Crippen LogP contribution is 2.10. The molecule has 0 spiro atoms. The van der Waals surface area contributed by atoms with Crippen molar-refractivity contribution in [2.75, 3.05) is 6.54 Å². The van der Waals surface area contributed by atoms with Crippen molar-refractivity contribution in [3.05, 3.63) is 53.4 Å². The number of aromatic nitrogens is 1. The highest BCUT2D eigenvalue weighted by atomic mass is 16.5. The number of rotatable bonds is 5. The predicted molar refractivity (Wildman–Crippen MR) is 88.5 cm³/mol. The van der Waals surface area contributed by atoms with Crippen LogP contribution < -0.4 is 10.6 Å². The molecule has 1 fully saturated rings. The van der Waals surface area contributed by atoms with E-state index in [2.05, 4.69) is 27.9 Å². The van der Waals surface area contributed by atoms with Crippen molar-refractivity contribution < 1.29 is 14.1 Å². The molecular formula is C18H21N3O3. The zero-order valence-corrected chi connectivity index (χ0v) is 13.5. The molecule has 6 heteroatoms. The first-order valence-electron chi connectivity index (χ1n) is 8.30. The molecule has 1 atom stereocenters. The first kappa shape index (κ1) is 16.2. The van der Waals surface area contributed by atoms with Crippen molar-refractivity contribution in [3.63, 3.8) is 0 Å². The third-order valence-electron chi connectivity index (χ3n) is 4.14. The Balaban J connectivity index is 1.56. The minimum Gasteiger partial charge on any atom is -0.354 e. The molecule has 0 saturated carbocycles. The van der Waals surface area contributed by atoms with Gasteiger partial charge in [0, 0.05) is 12.6 Å². The molecule has 0 bridgehead atoms. The SMILES string of the molecule is O=C(N[C@H]1CCCCNC1=O)c1cc(CCc2ccccc2)no1. The number of amides is 2. The van der Waals surface area contributed by atoms with Gasteiger partial charge in [0.05, 0.1) is 5.69 Å². The highest BCUT2D eigenvalue weighted by molar-refractivity contribution is 5.95. The fraction of sp³-hybridized carbons (Fsp3) is 0.389. The van der Waals surface area contributed by atoms with E-state index < -0.39 is 11.9 Å². The maximum Gasteiger partial charge on any atom is 0.290 e. The maximum atomic E-state index is 12.2. The van der Waals surface area contributed by atoms with Gasteiger partial charge in [-0.15, -0.1) is 0 Å². The lowest BCUT2D eigenvalue weighted by Gasteiger charge is -2.13. The predicted octanol–water partition coefficient (Wildman–Crippen LogP) is 1.86. The van der Waals surface area contributed by atoms with Crippen LogP contribution in [0.2, 0.25) is 0 Å². The van der Waals surface area contributed by atoms with Gasteiger partial charge in [-0.25, -0.2) is 0 Å². The van der Waals surface area contributed by atoms with Crippen LogP contribution in [0.4, 0.5) is 0 Å². The fourth-order valence-electron chi connectivity index (χ4n) is 2.76. The second kappa shape index (κ2) is 7.77. The Labute approximate surface area is 140 Å². The maximum absolute atomic E-state index is 12.2. The van der Waals surface area contributed by atoms with E-state index in [0.717, 1.165) is 25.0 Å². The third kappa shape index (κ3) is 4.22. The van der Waals surface area contributed by atoms with Gasteiger partial charge in [0.2, 0.25) is 11.7 Å². The lowest BCUT2D eigenvalue weighted by molar-refractivity contribution is -0.122. The summed E-state index contributed by atoms with van der Waals surface area (Å²) >= 11 is 0. The topological polar surface area (TPSA) is 84.2 Å². The van der Waals surface area contributed by atoms with Gasteiger partial charge in [0.1, 0.15) is 6.04 Å². The minimum absolute atomic E-state index is 0.135. The lowest BCUT2D eigenvalue weighted by Crippen LogP contribution is -2.45. The summed E-state index contributed by atoms with van der Waals surface area (Å²) in [7, 11) is 0. The molecule has 1 aromatic carbocycles. The standard InChI is InChI=1S/C18H21N3O3/c22-17-15(8-4-5-11-19-17)20-18(23)16-12-14(21-24-16)10-9-13-6-2-1-3-7-13/h1-3,6-7,12,15H,4-5,8-11H2,(H,19,22)(H,20,23)/t15-/m0/s1. The van der Waals surface area contributed by atoms with Crippen LogP contribution in [0.3, 0.4) is 0 Å². The Morgan fingerprint density at radius 1 is 1.25 bits per heavy atom. The highest BCUT2D eigenvalue weighted by Gasteiger charge is 2.24. The molecule has 0 radical (unpaired) electrons. The molecule has 24 heavy (non-hydrogen) atoms. The van der Waals surface area contributed by atoms with Crippen LogP contribution in [0.25, 0.3) is 0 Å². The number of benzene rings is 1. The Morgan fingerprint density at radius 3 is 2.92 bits per heavy atom. The first-order valence-corrected chi connectivity index (χ1v) is 8.30. The average Bonchev–Trinajstić information content (AvgIpc) is 2.99. The number of carbonyl (C=O) groups is 2. The van der Waals surface area contributed by atoms with Gasteiger partial charge in [-0.3, -0.25) is 9.59 Å². The second-order valence-electron chi connectivity index (χ2n) is 5.98. The Bertz CT molecular complexity index is 697. The number of hydrogen-bond acceptors (Lipinski definition) is 4. The molecule has 1 saturated heterocycles. The molecule has 1 aromatic heterocycles. The number of hydrogen-bond donors (Lipinski definition) is 2. The van der Waals surface area contributed by atoms with Crippen LogP contribution in [0.5, 0.6) is 0 Å². The van der Waals surface area contributed by atoms with Crippen LogP contribution in [-0.4, -0.2) is 29.6 Å². The van der Waals surface area contributed by atoms with E-state index in [1.165, 1.54) is 5.56 Å².